The van der Waals surface area contributed by atoms with Crippen molar-refractivity contribution in [2.75, 3.05) is 13.1 Å². The Morgan fingerprint density at radius 2 is 2.55 bits per heavy atom. The first-order valence-corrected chi connectivity index (χ1v) is 3.93. The van der Waals surface area contributed by atoms with Gasteiger partial charge in [-0.25, -0.2) is 4.79 Å². The van der Waals surface area contributed by atoms with Crippen molar-refractivity contribution in [1.82, 2.24) is 10.6 Å². The van der Waals surface area contributed by atoms with E-state index in [1.807, 2.05) is 6.92 Å². The van der Waals surface area contributed by atoms with Crippen molar-refractivity contribution in [1.29, 1.82) is 0 Å². The SMILES string of the molecule is CC1NC(=O)OC12CCNC2. The first-order chi connectivity index (χ1) is 5.23. The molecule has 0 aromatic heterocycles. The van der Waals surface area contributed by atoms with Crippen molar-refractivity contribution in [3.05, 3.63) is 0 Å². The highest BCUT2D eigenvalue weighted by Gasteiger charge is 2.48. The Bertz CT molecular complexity index is 187. The smallest absolute Gasteiger partial charge is 0.408 e. The van der Waals surface area contributed by atoms with Gasteiger partial charge in [-0.1, -0.05) is 0 Å². The van der Waals surface area contributed by atoms with E-state index in [-0.39, 0.29) is 17.7 Å². The summed E-state index contributed by atoms with van der Waals surface area (Å²) in [5.74, 6) is 0. The molecule has 2 N–H and O–H groups in total. The summed E-state index contributed by atoms with van der Waals surface area (Å²) >= 11 is 0. The highest BCUT2D eigenvalue weighted by Crippen LogP contribution is 2.28. The van der Waals surface area contributed by atoms with Crippen LogP contribution in [0.1, 0.15) is 13.3 Å². The molecular formula is C7H12N2O2. The lowest BCUT2D eigenvalue weighted by molar-refractivity contribution is 0.0569. The fourth-order valence-corrected chi connectivity index (χ4v) is 1.76. The number of rotatable bonds is 0. The summed E-state index contributed by atoms with van der Waals surface area (Å²) in [6, 6.07) is 0.144. The zero-order chi connectivity index (χ0) is 7.90. The summed E-state index contributed by atoms with van der Waals surface area (Å²) in [4.78, 5) is 10.9. The zero-order valence-corrected chi connectivity index (χ0v) is 6.52. The fourth-order valence-electron chi connectivity index (χ4n) is 1.76. The van der Waals surface area contributed by atoms with Crippen LogP contribution >= 0.6 is 0 Å². The predicted molar refractivity (Wildman–Crippen MR) is 39.3 cm³/mol. The van der Waals surface area contributed by atoms with E-state index >= 15 is 0 Å². The van der Waals surface area contributed by atoms with E-state index < -0.39 is 0 Å². The Balaban J connectivity index is 2.18. The average Bonchev–Trinajstić information content (AvgIpc) is 2.45. The predicted octanol–water partition coefficient (Wildman–Crippen LogP) is -0.153. The largest absolute Gasteiger partial charge is 0.439 e. The summed E-state index contributed by atoms with van der Waals surface area (Å²) in [7, 11) is 0. The van der Waals surface area contributed by atoms with E-state index in [0.29, 0.717) is 0 Å². The quantitative estimate of drug-likeness (QED) is 0.512. The molecule has 2 unspecified atom stereocenters. The van der Waals surface area contributed by atoms with Gasteiger partial charge in [0.2, 0.25) is 0 Å². The van der Waals surface area contributed by atoms with Gasteiger partial charge in [-0.2, -0.15) is 0 Å². The van der Waals surface area contributed by atoms with Crippen LogP contribution in [0.2, 0.25) is 0 Å². The van der Waals surface area contributed by atoms with Crippen molar-refractivity contribution in [3.63, 3.8) is 0 Å². The summed E-state index contributed by atoms with van der Waals surface area (Å²) in [5.41, 5.74) is -0.253. The maximum Gasteiger partial charge on any atom is 0.408 e. The van der Waals surface area contributed by atoms with Crippen molar-refractivity contribution in [2.45, 2.75) is 25.0 Å². The molecule has 2 atom stereocenters. The van der Waals surface area contributed by atoms with Crippen LogP contribution in [0.4, 0.5) is 4.79 Å². The van der Waals surface area contributed by atoms with Gasteiger partial charge in [-0.05, 0) is 13.5 Å². The summed E-state index contributed by atoms with van der Waals surface area (Å²) in [6.45, 7) is 3.71. The van der Waals surface area contributed by atoms with Crippen LogP contribution in [-0.2, 0) is 4.74 Å². The van der Waals surface area contributed by atoms with Crippen molar-refractivity contribution in [2.24, 2.45) is 0 Å². The minimum absolute atomic E-state index is 0.144. The van der Waals surface area contributed by atoms with E-state index in [9.17, 15) is 4.79 Å². The molecular weight excluding hydrogens is 144 g/mol. The molecule has 2 fully saturated rings. The maximum absolute atomic E-state index is 10.9. The molecule has 0 aromatic rings. The number of amides is 1. The van der Waals surface area contributed by atoms with Gasteiger partial charge in [0, 0.05) is 13.0 Å². The Kier molecular flexibility index (Phi) is 1.32. The Morgan fingerprint density at radius 3 is 3.00 bits per heavy atom. The van der Waals surface area contributed by atoms with Crippen molar-refractivity contribution in [3.8, 4) is 0 Å². The molecule has 0 aromatic carbocycles. The zero-order valence-electron chi connectivity index (χ0n) is 6.52. The Labute approximate surface area is 65.3 Å². The summed E-state index contributed by atoms with van der Waals surface area (Å²) in [6.07, 6.45) is 0.647. The second-order valence-electron chi connectivity index (χ2n) is 3.25. The van der Waals surface area contributed by atoms with E-state index in [4.69, 9.17) is 4.74 Å². The topological polar surface area (TPSA) is 50.4 Å². The lowest BCUT2D eigenvalue weighted by atomic mass is 9.96. The van der Waals surface area contributed by atoms with Crippen LogP contribution in [0.15, 0.2) is 0 Å². The molecule has 2 aliphatic rings. The molecule has 2 heterocycles. The third-order valence-corrected chi connectivity index (χ3v) is 2.57. The van der Waals surface area contributed by atoms with Gasteiger partial charge >= 0.3 is 6.09 Å². The Morgan fingerprint density at radius 1 is 1.73 bits per heavy atom. The van der Waals surface area contributed by atoms with Gasteiger partial charge in [0.15, 0.2) is 0 Å². The second-order valence-corrected chi connectivity index (χ2v) is 3.25. The second kappa shape index (κ2) is 2.11. The summed E-state index contributed by atoms with van der Waals surface area (Å²) < 4.78 is 5.21. The molecule has 4 nitrogen and oxygen atoms in total. The van der Waals surface area contributed by atoms with Gasteiger partial charge in [-0.15, -0.1) is 0 Å². The minimum Gasteiger partial charge on any atom is -0.439 e. The minimum atomic E-state index is -0.277. The number of hydrogen-bond donors (Lipinski definition) is 2. The first kappa shape index (κ1) is 6.91. The fraction of sp³-hybridized carbons (Fsp3) is 0.857. The number of ether oxygens (including phenoxy) is 1. The molecule has 0 bridgehead atoms. The van der Waals surface area contributed by atoms with Crippen LogP contribution in [0.25, 0.3) is 0 Å². The van der Waals surface area contributed by atoms with E-state index in [0.717, 1.165) is 19.5 Å². The number of hydrogen-bond acceptors (Lipinski definition) is 3. The number of nitrogens with one attached hydrogen (secondary N) is 2. The van der Waals surface area contributed by atoms with Crippen LogP contribution in [-0.4, -0.2) is 30.8 Å². The molecule has 0 saturated carbocycles. The van der Waals surface area contributed by atoms with E-state index in [1.54, 1.807) is 0 Å². The normalized spacial score (nSPS) is 42.6. The van der Waals surface area contributed by atoms with Gasteiger partial charge in [0.1, 0.15) is 5.60 Å². The molecule has 1 spiro atoms. The monoisotopic (exact) mass is 156 g/mol. The first-order valence-electron chi connectivity index (χ1n) is 3.93. The molecule has 11 heavy (non-hydrogen) atoms. The van der Waals surface area contributed by atoms with Gasteiger partial charge < -0.3 is 15.4 Å². The van der Waals surface area contributed by atoms with E-state index in [1.165, 1.54) is 0 Å². The lowest BCUT2D eigenvalue weighted by Crippen LogP contribution is -2.43. The van der Waals surface area contributed by atoms with Gasteiger partial charge in [0.25, 0.3) is 0 Å². The van der Waals surface area contributed by atoms with E-state index in [2.05, 4.69) is 10.6 Å². The highest BCUT2D eigenvalue weighted by atomic mass is 16.6. The number of carbonyl (C=O) groups excluding carboxylic acids is 1. The van der Waals surface area contributed by atoms with Gasteiger partial charge in [0.05, 0.1) is 6.04 Å². The van der Waals surface area contributed by atoms with Crippen LogP contribution in [0, 0.1) is 0 Å². The van der Waals surface area contributed by atoms with Crippen molar-refractivity contribution < 1.29 is 9.53 Å². The maximum atomic E-state index is 10.9. The number of carbonyl (C=O) groups is 1. The molecule has 1 amide bonds. The third-order valence-electron chi connectivity index (χ3n) is 2.57. The van der Waals surface area contributed by atoms with Gasteiger partial charge in [-0.3, -0.25) is 0 Å². The highest BCUT2D eigenvalue weighted by molar-refractivity contribution is 5.71. The van der Waals surface area contributed by atoms with Crippen LogP contribution in [0.3, 0.4) is 0 Å². The van der Waals surface area contributed by atoms with Crippen LogP contribution < -0.4 is 10.6 Å². The molecule has 62 valence electrons. The third kappa shape index (κ3) is 0.894. The molecule has 4 heteroatoms. The molecule has 2 aliphatic heterocycles. The average molecular weight is 156 g/mol. The molecule has 0 aliphatic carbocycles. The molecule has 2 saturated heterocycles. The number of alkyl carbamates (subject to hydrolysis) is 1. The lowest BCUT2D eigenvalue weighted by Gasteiger charge is -2.23. The standard InChI is InChI=1S/C7H12N2O2/c1-5-7(2-3-8-4-7)11-6(10)9-5/h5,8H,2-4H2,1H3,(H,9,10). The van der Waals surface area contributed by atoms with Crippen molar-refractivity contribution >= 4 is 6.09 Å². The van der Waals surface area contributed by atoms with Crippen LogP contribution in [0.5, 0.6) is 0 Å². The molecule has 0 radical (unpaired) electrons. The summed E-state index contributed by atoms with van der Waals surface area (Å²) in [5, 5.41) is 5.94. The molecule has 2 rings (SSSR count). The Hall–Kier alpha value is -0.770.